The summed E-state index contributed by atoms with van der Waals surface area (Å²) in [5, 5.41) is 24.1. The lowest BCUT2D eigenvalue weighted by Gasteiger charge is -2.47. The van der Waals surface area contributed by atoms with Crippen LogP contribution in [-0.4, -0.2) is 121 Å². The van der Waals surface area contributed by atoms with Crippen LogP contribution in [0.4, 0.5) is 0 Å². The average Bonchev–Trinajstić information content (AvgIpc) is 3.05. The van der Waals surface area contributed by atoms with Crippen LogP contribution in [0.2, 0.25) is 0 Å². The van der Waals surface area contributed by atoms with E-state index < -0.39 is 66.0 Å². The molecule has 0 aromatic heterocycles. The van der Waals surface area contributed by atoms with Crippen molar-refractivity contribution in [3.8, 4) is 0 Å². The third-order valence-electron chi connectivity index (χ3n) is 10.6. The maximum atomic E-state index is 13.7. The van der Waals surface area contributed by atoms with E-state index in [0.717, 1.165) is 31.3 Å². The van der Waals surface area contributed by atoms with Crippen molar-refractivity contribution in [2.75, 3.05) is 33.9 Å². The number of hydrogen-bond acceptors (Lipinski definition) is 11. The van der Waals surface area contributed by atoms with Gasteiger partial charge in [-0.25, -0.2) is 0 Å². The molecule has 3 rings (SSSR count). The summed E-state index contributed by atoms with van der Waals surface area (Å²) in [5.41, 5.74) is -1.40. The number of hydrogen-bond donors (Lipinski definition) is 3. The van der Waals surface area contributed by atoms with Crippen LogP contribution in [0.25, 0.3) is 0 Å². The summed E-state index contributed by atoms with van der Waals surface area (Å²) >= 11 is 0. The first-order valence-electron chi connectivity index (χ1n) is 18.6. The molecule has 0 aromatic carbocycles. The number of esters is 1. The standard InChI is InChI=1S/C38H68N2O10/c1-22-14-13-15-23(2)35(42)39-20-38(10,46-19-22)34(50-31-18-29(40(11)12)17-25(4)47-31)26(5)33(27(6)36(43)45-21-37(8,9)44)49-30-16-24(3)32(41)28(7)48-30/h23-34,41,44H,1,13-21H2,2-12H3,(H,39,42)/t23?,24?,25?,26-,27?,28?,29?,30-,31?,32+,33-,34+,38+/m0/s1. The molecule has 0 spiro atoms. The second-order valence-electron chi connectivity index (χ2n) is 16.5. The first-order chi connectivity index (χ1) is 23.2. The fraction of sp³-hybridized carbons (Fsp3) is 0.895. The van der Waals surface area contributed by atoms with E-state index in [9.17, 15) is 19.8 Å². The first kappa shape index (κ1) is 42.8. The molecule has 0 bridgehead atoms. The molecular formula is C38H68N2O10. The lowest BCUT2D eigenvalue weighted by atomic mass is 9.80. The lowest BCUT2D eigenvalue weighted by Crippen LogP contribution is -2.60. The normalized spacial score (nSPS) is 36.1. The molecule has 0 aliphatic carbocycles. The second kappa shape index (κ2) is 18.4. The average molecular weight is 713 g/mol. The predicted molar refractivity (Wildman–Crippen MR) is 190 cm³/mol. The van der Waals surface area contributed by atoms with Gasteiger partial charge in [0, 0.05) is 37.3 Å². The van der Waals surface area contributed by atoms with Gasteiger partial charge in [0.25, 0.3) is 0 Å². The Bertz CT molecular complexity index is 1100. The zero-order chi connectivity index (χ0) is 37.6. The summed E-state index contributed by atoms with van der Waals surface area (Å²) in [4.78, 5) is 29.1. The number of ether oxygens (including phenoxy) is 6. The van der Waals surface area contributed by atoms with Crippen molar-refractivity contribution in [2.24, 2.45) is 23.7 Å². The van der Waals surface area contributed by atoms with Crippen molar-refractivity contribution in [3.63, 3.8) is 0 Å². The highest BCUT2D eigenvalue weighted by molar-refractivity contribution is 5.78. The molecule has 0 radical (unpaired) electrons. The number of aliphatic hydroxyl groups is 2. The van der Waals surface area contributed by atoms with Crippen molar-refractivity contribution in [3.05, 3.63) is 12.2 Å². The summed E-state index contributed by atoms with van der Waals surface area (Å²) in [5.74, 6) is -2.26. The smallest absolute Gasteiger partial charge is 0.311 e. The van der Waals surface area contributed by atoms with Gasteiger partial charge in [-0.1, -0.05) is 32.9 Å². The molecule has 3 aliphatic heterocycles. The number of nitrogens with zero attached hydrogens (tertiary/aromatic N) is 1. The molecule has 12 heteroatoms. The molecule has 3 heterocycles. The van der Waals surface area contributed by atoms with E-state index in [1.807, 2.05) is 48.7 Å². The monoisotopic (exact) mass is 712 g/mol. The van der Waals surface area contributed by atoms with E-state index in [1.54, 1.807) is 27.7 Å². The van der Waals surface area contributed by atoms with Gasteiger partial charge in [-0.2, -0.15) is 0 Å². The lowest BCUT2D eigenvalue weighted by molar-refractivity contribution is -0.291. The summed E-state index contributed by atoms with van der Waals surface area (Å²) < 4.78 is 38.6. The zero-order valence-electron chi connectivity index (χ0n) is 32.6. The van der Waals surface area contributed by atoms with Gasteiger partial charge in [0.15, 0.2) is 12.6 Å². The van der Waals surface area contributed by atoms with Crippen molar-refractivity contribution >= 4 is 11.9 Å². The number of rotatable bonds is 12. The van der Waals surface area contributed by atoms with Gasteiger partial charge in [-0.3, -0.25) is 9.59 Å². The van der Waals surface area contributed by atoms with Crippen LogP contribution in [0.1, 0.15) is 101 Å². The van der Waals surface area contributed by atoms with Gasteiger partial charge in [0.2, 0.25) is 5.91 Å². The Morgan fingerprint density at radius 1 is 1.10 bits per heavy atom. The summed E-state index contributed by atoms with van der Waals surface area (Å²) in [7, 11) is 4.09. The Hall–Kier alpha value is -1.64. The fourth-order valence-electron chi connectivity index (χ4n) is 7.29. The Labute approximate surface area is 300 Å². The number of amides is 1. The molecule has 3 N–H and O–H groups in total. The molecule has 1 amide bonds. The van der Waals surface area contributed by atoms with E-state index in [4.69, 9.17) is 28.4 Å². The Morgan fingerprint density at radius 3 is 2.38 bits per heavy atom. The molecule has 3 saturated heterocycles. The number of carbonyl (C=O) groups excluding carboxylic acids is 2. The predicted octanol–water partition coefficient (Wildman–Crippen LogP) is 4.20. The molecule has 3 aliphatic rings. The third-order valence-corrected chi connectivity index (χ3v) is 10.6. The molecule has 12 nitrogen and oxygen atoms in total. The summed E-state index contributed by atoms with van der Waals surface area (Å²) in [6, 6.07) is 0.217. The van der Waals surface area contributed by atoms with Gasteiger partial charge < -0.3 is 48.9 Å². The van der Waals surface area contributed by atoms with Gasteiger partial charge in [0.1, 0.15) is 12.2 Å². The molecule has 0 aromatic rings. The van der Waals surface area contributed by atoms with E-state index in [-0.39, 0.29) is 49.6 Å². The number of carbonyl (C=O) groups is 2. The van der Waals surface area contributed by atoms with Crippen molar-refractivity contribution in [1.29, 1.82) is 0 Å². The maximum absolute atomic E-state index is 13.7. The van der Waals surface area contributed by atoms with Crippen LogP contribution in [0.5, 0.6) is 0 Å². The molecule has 13 atom stereocenters. The van der Waals surface area contributed by atoms with E-state index >= 15 is 0 Å². The zero-order valence-corrected chi connectivity index (χ0v) is 32.6. The van der Waals surface area contributed by atoms with Gasteiger partial charge in [0.05, 0.1) is 48.6 Å². The van der Waals surface area contributed by atoms with Crippen LogP contribution >= 0.6 is 0 Å². The summed E-state index contributed by atoms with van der Waals surface area (Å²) in [6.45, 7) is 21.0. The Balaban J connectivity index is 2.08. The molecule has 50 heavy (non-hydrogen) atoms. The molecule has 290 valence electrons. The maximum Gasteiger partial charge on any atom is 0.311 e. The van der Waals surface area contributed by atoms with Crippen LogP contribution in [0.3, 0.4) is 0 Å². The van der Waals surface area contributed by atoms with Crippen molar-refractivity contribution < 1.29 is 48.2 Å². The first-order valence-corrected chi connectivity index (χ1v) is 18.6. The second-order valence-corrected chi connectivity index (χ2v) is 16.5. The molecule has 0 saturated carbocycles. The highest BCUT2D eigenvalue weighted by Crippen LogP contribution is 2.37. The highest BCUT2D eigenvalue weighted by atomic mass is 16.7. The fourth-order valence-corrected chi connectivity index (χ4v) is 7.29. The van der Waals surface area contributed by atoms with E-state index in [2.05, 4.69) is 16.8 Å². The third kappa shape index (κ3) is 12.2. The SMILES string of the molecule is C=C1CCCC(C)C(=O)NC[C@](C)([C@H](OC2CC(N(C)C)CC(C)O2)[C@@H](C)[C@H](O[C@H]2CC(C)[C@@H](O)C(C)O2)C(C)C(=O)OCC(C)(C)O)OC1. The van der Waals surface area contributed by atoms with Crippen molar-refractivity contribution in [2.45, 2.75) is 161 Å². The minimum Gasteiger partial charge on any atom is -0.462 e. The molecule has 7 unspecified atom stereocenters. The Morgan fingerprint density at radius 2 is 1.76 bits per heavy atom. The largest absolute Gasteiger partial charge is 0.462 e. The molecular weight excluding hydrogens is 644 g/mol. The van der Waals surface area contributed by atoms with E-state index in [1.165, 1.54) is 0 Å². The number of aliphatic hydroxyl groups excluding tert-OH is 1. The Kier molecular flexibility index (Phi) is 15.7. The topological polar surface area (TPSA) is 145 Å². The quantitative estimate of drug-likeness (QED) is 0.198. The van der Waals surface area contributed by atoms with Crippen LogP contribution in [0.15, 0.2) is 12.2 Å². The summed E-state index contributed by atoms with van der Waals surface area (Å²) in [6.07, 6.45) is 0.0975. The highest BCUT2D eigenvalue weighted by Gasteiger charge is 2.49. The van der Waals surface area contributed by atoms with Crippen LogP contribution in [-0.2, 0) is 38.0 Å². The minimum absolute atomic E-state index is 0.0634. The number of nitrogens with one attached hydrogen (secondary N) is 1. The van der Waals surface area contributed by atoms with Crippen LogP contribution < -0.4 is 5.32 Å². The molecule has 3 fully saturated rings. The van der Waals surface area contributed by atoms with E-state index in [0.29, 0.717) is 12.8 Å². The van der Waals surface area contributed by atoms with Gasteiger partial charge in [-0.05, 0) is 87.2 Å². The van der Waals surface area contributed by atoms with Gasteiger partial charge in [-0.15, -0.1) is 0 Å². The van der Waals surface area contributed by atoms with Gasteiger partial charge >= 0.3 is 5.97 Å². The minimum atomic E-state index is -1.22. The van der Waals surface area contributed by atoms with Crippen molar-refractivity contribution in [1.82, 2.24) is 10.2 Å². The van der Waals surface area contributed by atoms with Crippen LogP contribution in [0, 0.1) is 23.7 Å².